The number of benzene rings is 1. The van der Waals surface area contributed by atoms with Gasteiger partial charge in [-0.3, -0.25) is 0 Å². The Morgan fingerprint density at radius 2 is 2.29 bits per heavy atom. The lowest BCUT2D eigenvalue weighted by Crippen LogP contribution is -1.99. The SMILES string of the molecule is C=CCOC(=O)C=Cc1ccc(O)c(OC)c1. The van der Waals surface area contributed by atoms with Gasteiger partial charge in [0.15, 0.2) is 11.5 Å². The number of ether oxygens (including phenoxy) is 2. The molecule has 0 heterocycles. The molecule has 0 saturated heterocycles. The smallest absolute Gasteiger partial charge is 0.331 e. The molecule has 0 unspecified atom stereocenters. The van der Waals surface area contributed by atoms with Crippen molar-refractivity contribution in [2.75, 3.05) is 13.7 Å². The first-order chi connectivity index (χ1) is 8.17. The van der Waals surface area contributed by atoms with E-state index in [4.69, 9.17) is 9.47 Å². The van der Waals surface area contributed by atoms with Crippen molar-refractivity contribution in [1.29, 1.82) is 0 Å². The molecule has 0 amide bonds. The second kappa shape index (κ2) is 6.37. The molecule has 0 atom stereocenters. The van der Waals surface area contributed by atoms with Crippen LogP contribution in [0.2, 0.25) is 0 Å². The number of rotatable bonds is 5. The minimum atomic E-state index is -0.447. The zero-order chi connectivity index (χ0) is 12.7. The molecule has 0 aromatic heterocycles. The van der Waals surface area contributed by atoms with Crippen molar-refractivity contribution in [3.8, 4) is 11.5 Å². The number of aromatic hydroxyl groups is 1. The molecule has 17 heavy (non-hydrogen) atoms. The lowest BCUT2D eigenvalue weighted by molar-refractivity contribution is -0.136. The molecule has 1 aromatic carbocycles. The van der Waals surface area contributed by atoms with Crippen LogP contribution in [0, 0.1) is 0 Å². The van der Waals surface area contributed by atoms with Gasteiger partial charge in [-0.05, 0) is 23.8 Å². The summed E-state index contributed by atoms with van der Waals surface area (Å²) in [4.78, 5) is 11.2. The zero-order valence-corrected chi connectivity index (χ0v) is 9.55. The van der Waals surface area contributed by atoms with E-state index in [9.17, 15) is 9.90 Å². The molecule has 0 aliphatic carbocycles. The molecule has 1 aromatic rings. The van der Waals surface area contributed by atoms with Crippen LogP contribution in [-0.2, 0) is 9.53 Å². The van der Waals surface area contributed by atoms with Gasteiger partial charge in [-0.1, -0.05) is 18.7 Å². The van der Waals surface area contributed by atoms with Crippen molar-refractivity contribution in [2.24, 2.45) is 0 Å². The average molecular weight is 234 g/mol. The maximum absolute atomic E-state index is 11.2. The van der Waals surface area contributed by atoms with Crippen molar-refractivity contribution >= 4 is 12.0 Å². The van der Waals surface area contributed by atoms with Crippen LogP contribution in [0.5, 0.6) is 11.5 Å². The van der Waals surface area contributed by atoms with Crippen molar-refractivity contribution < 1.29 is 19.4 Å². The third-order valence-corrected chi connectivity index (χ3v) is 1.96. The normalized spacial score (nSPS) is 10.2. The number of hydrogen-bond acceptors (Lipinski definition) is 4. The summed E-state index contributed by atoms with van der Waals surface area (Å²) in [6.45, 7) is 3.62. The molecule has 1 N–H and O–H groups in total. The third kappa shape index (κ3) is 4.03. The summed E-state index contributed by atoms with van der Waals surface area (Å²) >= 11 is 0. The molecule has 0 aliphatic rings. The molecule has 4 heteroatoms. The Labute approximate surface area is 99.8 Å². The van der Waals surface area contributed by atoms with Crippen LogP contribution < -0.4 is 4.74 Å². The highest BCUT2D eigenvalue weighted by atomic mass is 16.5. The van der Waals surface area contributed by atoms with Crippen molar-refractivity contribution in [3.05, 3.63) is 42.5 Å². The molecule has 1 rings (SSSR count). The first-order valence-corrected chi connectivity index (χ1v) is 5.00. The topological polar surface area (TPSA) is 55.8 Å². The van der Waals surface area contributed by atoms with Gasteiger partial charge in [-0.25, -0.2) is 4.79 Å². The molecular weight excluding hydrogens is 220 g/mol. The number of hydrogen-bond donors (Lipinski definition) is 1. The van der Waals surface area contributed by atoms with Crippen LogP contribution >= 0.6 is 0 Å². The van der Waals surface area contributed by atoms with Gasteiger partial charge in [0.2, 0.25) is 0 Å². The molecule has 0 radical (unpaired) electrons. The van der Waals surface area contributed by atoms with Gasteiger partial charge in [-0.15, -0.1) is 0 Å². The van der Waals surface area contributed by atoms with Gasteiger partial charge in [-0.2, -0.15) is 0 Å². The molecule has 0 spiro atoms. The Morgan fingerprint density at radius 1 is 1.53 bits per heavy atom. The fourth-order valence-corrected chi connectivity index (χ4v) is 1.15. The van der Waals surface area contributed by atoms with E-state index in [1.54, 1.807) is 18.2 Å². The third-order valence-electron chi connectivity index (χ3n) is 1.96. The summed E-state index contributed by atoms with van der Waals surface area (Å²) in [6, 6.07) is 4.77. The average Bonchev–Trinajstić information content (AvgIpc) is 2.35. The summed E-state index contributed by atoms with van der Waals surface area (Å²) in [5.41, 5.74) is 0.732. The van der Waals surface area contributed by atoms with E-state index in [2.05, 4.69) is 6.58 Å². The highest BCUT2D eigenvalue weighted by molar-refractivity contribution is 5.87. The Balaban J connectivity index is 2.71. The quantitative estimate of drug-likeness (QED) is 0.482. The molecule has 0 bridgehead atoms. The van der Waals surface area contributed by atoms with E-state index in [1.807, 2.05) is 0 Å². The van der Waals surface area contributed by atoms with Crippen LogP contribution in [0.4, 0.5) is 0 Å². The van der Waals surface area contributed by atoms with E-state index in [1.165, 1.54) is 25.3 Å². The van der Waals surface area contributed by atoms with Crippen LogP contribution in [0.1, 0.15) is 5.56 Å². The van der Waals surface area contributed by atoms with Crippen molar-refractivity contribution in [2.45, 2.75) is 0 Å². The molecule has 0 saturated carbocycles. The highest BCUT2D eigenvalue weighted by Crippen LogP contribution is 2.26. The van der Waals surface area contributed by atoms with E-state index >= 15 is 0 Å². The Hall–Kier alpha value is -2.23. The van der Waals surface area contributed by atoms with Gasteiger partial charge in [0.25, 0.3) is 0 Å². The van der Waals surface area contributed by atoms with Crippen LogP contribution in [0.3, 0.4) is 0 Å². The highest BCUT2D eigenvalue weighted by Gasteiger charge is 2.01. The summed E-state index contributed by atoms with van der Waals surface area (Å²) in [5, 5.41) is 9.38. The Bertz CT molecular complexity index is 435. The fraction of sp³-hybridized carbons (Fsp3) is 0.154. The summed E-state index contributed by atoms with van der Waals surface area (Å²) in [5.74, 6) is -0.0394. The number of phenolic OH excluding ortho intramolecular Hbond substituents is 1. The van der Waals surface area contributed by atoms with Gasteiger partial charge in [0.05, 0.1) is 7.11 Å². The van der Waals surface area contributed by atoms with Gasteiger partial charge in [0, 0.05) is 6.08 Å². The number of carbonyl (C=O) groups excluding carboxylic acids is 1. The summed E-state index contributed by atoms with van der Waals surface area (Å²) in [7, 11) is 1.46. The van der Waals surface area contributed by atoms with E-state index in [0.29, 0.717) is 5.75 Å². The number of methoxy groups -OCH3 is 1. The van der Waals surface area contributed by atoms with Crippen molar-refractivity contribution in [3.63, 3.8) is 0 Å². The molecule has 0 fully saturated rings. The van der Waals surface area contributed by atoms with Crippen LogP contribution in [-0.4, -0.2) is 24.8 Å². The Morgan fingerprint density at radius 3 is 2.94 bits per heavy atom. The van der Waals surface area contributed by atoms with Gasteiger partial charge < -0.3 is 14.6 Å². The maximum Gasteiger partial charge on any atom is 0.331 e. The van der Waals surface area contributed by atoms with Crippen LogP contribution in [0.15, 0.2) is 36.9 Å². The summed E-state index contributed by atoms with van der Waals surface area (Å²) < 4.78 is 9.71. The zero-order valence-electron chi connectivity index (χ0n) is 9.55. The molecule has 0 aliphatic heterocycles. The van der Waals surface area contributed by atoms with E-state index < -0.39 is 5.97 Å². The minimum absolute atomic E-state index is 0.0545. The van der Waals surface area contributed by atoms with E-state index in [-0.39, 0.29) is 12.4 Å². The Kier molecular flexibility index (Phi) is 4.81. The standard InChI is InChI=1S/C13H14O4/c1-3-8-17-13(15)7-5-10-4-6-11(14)12(9-10)16-2/h3-7,9,14H,1,8H2,2H3. The molecule has 90 valence electrons. The summed E-state index contributed by atoms with van der Waals surface area (Å²) in [6.07, 6.45) is 4.37. The minimum Gasteiger partial charge on any atom is -0.504 e. The fourth-order valence-electron chi connectivity index (χ4n) is 1.15. The monoisotopic (exact) mass is 234 g/mol. The van der Waals surface area contributed by atoms with Crippen molar-refractivity contribution in [1.82, 2.24) is 0 Å². The second-order valence-electron chi connectivity index (χ2n) is 3.18. The van der Waals surface area contributed by atoms with Crippen LogP contribution in [0.25, 0.3) is 6.08 Å². The first kappa shape index (κ1) is 12.8. The lowest BCUT2D eigenvalue weighted by Gasteiger charge is -2.03. The van der Waals surface area contributed by atoms with Gasteiger partial charge >= 0.3 is 5.97 Å². The molecular formula is C13H14O4. The number of carbonyl (C=O) groups is 1. The largest absolute Gasteiger partial charge is 0.504 e. The maximum atomic E-state index is 11.2. The lowest BCUT2D eigenvalue weighted by atomic mass is 10.2. The first-order valence-electron chi connectivity index (χ1n) is 5.00. The number of esters is 1. The predicted octanol–water partition coefficient (Wildman–Crippen LogP) is 2.14. The number of phenols is 1. The van der Waals surface area contributed by atoms with E-state index in [0.717, 1.165) is 5.56 Å². The molecule has 4 nitrogen and oxygen atoms in total. The predicted molar refractivity (Wildman–Crippen MR) is 64.8 cm³/mol. The van der Waals surface area contributed by atoms with Gasteiger partial charge in [0.1, 0.15) is 6.61 Å². The second-order valence-corrected chi connectivity index (χ2v) is 3.18.